The van der Waals surface area contributed by atoms with E-state index >= 15 is 0 Å². The van der Waals surface area contributed by atoms with Gasteiger partial charge in [-0.2, -0.15) is 0 Å². The molecule has 1 rings (SSSR count). The Morgan fingerprint density at radius 2 is 1.92 bits per heavy atom. The summed E-state index contributed by atoms with van der Waals surface area (Å²) in [4.78, 5) is 10.9. The maximum Gasteiger partial charge on any atom is 0.180 e. The van der Waals surface area contributed by atoms with Crippen LogP contribution in [0.15, 0.2) is 12.1 Å². The van der Waals surface area contributed by atoms with Gasteiger partial charge in [-0.1, -0.05) is 0 Å². The van der Waals surface area contributed by atoms with Crippen molar-refractivity contribution >= 4 is 5.78 Å². The molecule has 0 saturated carbocycles. The van der Waals surface area contributed by atoms with Crippen molar-refractivity contribution in [3.05, 3.63) is 29.3 Å². The fraction of sp³-hybridized carbons (Fsp3) is 0.125. The molecule has 0 aliphatic carbocycles. The van der Waals surface area contributed by atoms with Gasteiger partial charge in [0.25, 0.3) is 0 Å². The summed E-state index contributed by atoms with van der Waals surface area (Å²) in [5.74, 6) is -3.63. The minimum absolute atomic E-state index is 0.304. The maximum atomic E-state index is 12.6. The van der Waals surface area contributed by atoms with Gasteiger partial charge in [-0.3, -0.25) is 4.79 Å². The van der Waals surface area contributed by atoms with Crippen molar-refractivity contribution in [2.24, 2.45) is 5.73 Å². The molecular formula is C8H7F2NO2. The summed E-state index contributed by atoms with van der Waals surface area (Å²) in [6.07, 6.45) is 0. The lowest BCUT2D eigenvalue weighted by atomic mass is 10.1. The Morgan fingerprint density at radius 3 is 2.46 bits per heavy atom. The number of phenolic OH excluding ortho intramolecular Hbond substituents is 1. The quantitative estimate of drug-likeness (QED) is 0.673. The zero-order valence-corrected chi connectivity index (χ0v) is 6.55. The van der Waals surface area contributed by atoms with Crippen LogP contribution in [0.4, 0.5) is 8.78 Å². The molecule has 0 saturated heterocycles. The van der Waals surface area contributed by atoms with Gasteiger partial charge < -0.3 is 10.8 Å². The molecule has 3 nitrogen and oxygen atoms in total. The summed E-state index contributed by atoms with van der Waals surface area (Å²) in [7, 11) is 0. The number of phenols is 1. The normalized spacial score (nSPS) is 10.1. The standard InChI is InChI=1S/C8H7F2NO2/c9-5-1-4(8(13)3-11)7(12)2-6(5)10/h1-2,12H,3,11H2. The molecule has 70 valence electrons. The van der Waals surface area contributed by atoms with Gasteiger partial charge >= 0.3 is 0 Å². The van der Waals surface area contributed by atoms with Crippen LogP contribution >= 0.6 is 0 Å². The highest BCUT2D eigenvalue weighted by atomic mass is 19.2. The van der Waals surface area contributed by atoms with Crippen molar-refractivity contribution in [3.63, 3.8) is 0 Å². The highest BCUT2D eigenvalue weighted by Gasteiger charge is 2.13. The average molecular weight is 187 g/mol. The zero-order valence-electron chi connectivity index (χ0n) is 6.55. The van der Waals surface area contributed by atoms with Crippen LogP contribution in [0.5, 0.6) is 5.75 Å². The number of carbonyl (C=O) groups is 1. The predicted octanol–water partition coefficient (Wildman–Crippen LogP) is 0.812. The maximum absolute atomic E-state index is 12.6. The summed E-state index contributed by atoms with van der Waals surface area (Å²) >= 11 is 0. The van der Waals surface area contributed by atoms with Gasteiger partial charge in [0.1, 0.15) is 5.75 Å². The molecule has 0 radical (unpaired) electrons. The van der Waals surface area contributed by atoms with Gasteiger partial charge in [-0.05, 0) is 6.07 Å². The molecule has 0 aromatic heterocycles. The Kier molecular flexibility index (Phi) is 2.57. The minimum Gasteiger partial charge on any atom is -0.507 e. The van der Waals surface area contributed by atoms with Gasteiger partial charge in [-0.15, -0.1) is 0 Å². The first-order chi connectivity index (χ1) is 6.06. The Bertz CT molecular complexity index is 352. The molecule has 0 unspecified atom stereocenters. The Balaban J connectivity index is 3.23. The highest BCUT2D eigenvalue weighted by Crippen LogP contribution is 2.20. The topological polar surface area (TPSA) is 63.3 Å². The number of hydrogen-bond acceptors (Lipinski definition) is 3. The van der Waals surface area contributed by atoms with Crippen LogP contribution in [-0.4, -0.2) is 17.4 Å². The van der Waals surface area contributed by atoms with Gasteiger partial charge in [0.15, 0.2) is 17.4 Å². The third kappa shape index (κ3) is 1.81. The van der Waals surface area contributed by atoms with Crippen LogP contribution in [0.1, 0.15) is 10.4 Å². The van der Waals surface area contributed by atoms with E-state index < -0.39 is 23.2 Å². The van der Waals surface area contributed by atoms with Crippen molar-refractivity contribution in [1.29, 1.82) is 0 Å². The molecule has 0 fully saturated rings. The van der Waals surface area contributed by atoms with Crippen LogP contribution in [0.2, 0.25) is 0 Å². The van der Waals surface area contributed by atoms with E-state index in [2.05, 4.69) is 0 Å². The molecule has 1 aromatic rings. The second-order valence-corrected chi connectivity index (χ2v) is 2.41. The van der Waals surface area contributed by atoms with Gasteiger partial charge in [-0.25, -0.2) is 8.78 Å². The first kappa shape index (κ1) is 9.60. The third-order valence-corrected chi connectivity index (χ3v) is 1.52. The molecule has 0 aliphatic heterocycles. The average Bonchev–Trinajstić information content (AvgIpc) is 2.10. The van der Waals surface area contributed by atoms with E-state index in [-0.39, 0.29) is 12.1 Å². The lowest BCUT2D eigenvalue weighted by Gasteiger charge is -2.02. The van der Waals surface area contributed by atoms with Crippen molar-refractivity contribution in [2.45, 2.75) is 0 Å². The molecule has 1 aromatic carbocycles. The molecule has 0 spiro atoms. The van der Waals surface area contributed by atoms with Gasteiger partial charge in [0.05, 0.1) is 12.1 Å². The second kappa shape index (κ2) is 3.49. The molecule has 0 aliphatic rings. The fourth-order valence-electron chi connectivity index (χ4n) is 0.870. The summed E-state index contributed by atoms with van der Waals surface area (Å²) in [6.45, 7) is -0.362. The van der Waals surface area contributed by atoms with Gasteiger partial charge in [0.2, 0.25) is 0 Å². The van der Waals surface area contributed by atoms with E-state index in [1.54, 1.807) is 0 Å². The smallest absolute Gasteiger partial charge is 0.180 e. The van der Waals surface area contributed by atoms with Crippen LogP contribution < -0.4 is 5.73 Å². The molecule has 0 bridgehead atoms. The van der Waals surface area contributed by atoms with Crippen molar-refractivity contribution in [3.8, 4) is 5.75 Å². The number of rotatable bonds is 2. The molecule has 0 heterocycles. The first-order valence-corrected chi connectivity index (χ1v) is 3.47. The van der Waals surface area contributed by atoms with Crippen LogP contribution in [0.3, 0.4) is 0 Å². The summed E-state index contributed by atoms with van der Waals surface area (Å²) in [5.41, 5.74) is 4.68. The molecule has 5 heteroatoms. The summed E-state index contributed by atoms with van der Waals surface area (Å²) in [5, 5.41) is 9.03. The molecular weight excluding hydrogens is 180 g/mol. The lowest BCUT2D eigenvalue weighted by Crippen LogP contribution is -2.14. The van der Waals surface area contributed by atoms with E-state index in [0.717, 1.165) is 0 Å². The van der Waals surface area contributed by atoms with E-state index in [1.165, 1.54) is 0 Å². The summed E-state index contributed by atoms with van der Waals surface area (Å²) < 4.78 is 25.0. The SMILES string of the molecule is NCC(=O)c1cc(F)c(F)cc1O. The Labute approximate surface area is 72.8 Å². The zero-order chi connectivity index (χ0) is 10.0. The lowest BCUT2D eigenvalue weighted by molar-refractivity contribution is 0.0998. The number of benzene rings is 1. The van der Waals surface area contributed by atoms with Crippen molar-refractivity contribution in [1.82, 2.24) is 0 Å². The number of carbonyl (C=O) groups excluding carboxylic acids is 1. The number of nitrogens with two attached hydrogens (primary N) is 1. The van der Waals surface area contributed by atoms with Crippen LogP contribution in [-0.2, 0) is 0 Å². The number of Topliss-reactive ketones (excluding diaryl/α,β-unsaturated/α-hetero) is 1. The molecule has 3 N–H and O–H groups in total. The number of hydrogen-bond donors (Lipinski definition) is 2. The third-order valence-electron chi connectivity index (χ3n) is 1.52. The highest BCUT2D eigenvalue weighted by molar-refractivity contribution is 5.99. The largest absolute Gasteiger partial charge is 0.507 e. The molecule has 0 atom stereocenters. The minimum atomic E-state index is -1.20. The summed E-state index contributed by atoms with van der Waals surface area (Å²) in [6, 6.07) is 1.16. The van der Waals surface area contributed by atoms with E-state index in [4.69, 9.17) is 10.8 Å². The van der Waals surface area contributed by atoms with Crippen LogP contribution in [0.25, 0.3) is 0 Å². The van der Waals surface area contributed by atoms with E-state index in [0.29, 0.717) is 12.1 Å². The second-order valence-electron chi connectivity index (χ2n) is 2.41. The predicted molar refractivity (Wildman–Crippen MR) is 41.4 cm³/mol. The number of aromatic hydroxyl groups is 1. The van der Waals surface area contributed by atoms with E-state index in [9.17, 15) is 13.6 Å². The number of halogens is 2. The van der Waals surface area contributed by atoms with Gasteiger partial charge in [0, 0.05) is 6.07 Å². The monoisotopic (exact) mass is 187 g/mol. The Morgan fingerprint density at radius 1 is 1.38 bits per heavy atom. The first-order valence-electron chi connectivity index (χ1n) is 3.47. The fourth-order valence-corrected chi connectivity index (χ4v) is 0.870. The van der Waals surface area contributed by atoms with E-state index in [1.807, 2.05) is 0 Å². The van der Waals surface area contributed by atoms with Crippen molar-refractivity contribution < 1.29 is 18.7 Å². The molecule has 13 heavy (non-hydrogen) atoms. The molecule has 0 amide bonds. The van der Waals surface area contributed by atoms with Crippen molar-refractivity contribution in [2.75, 3.05) is 6.54 Å². The number of ketones is 1. The Hall–Kier alpha value is -1.49. The van der Waals surface area contributed by atoms with Crippen LogP contribution in [0, 0.1) is 11.6 Å².